The second kappa shape index (κ2) is 5.82. The predicted octanol–water partition coefficient (Wildman–Crippen LogP) is 3.03. The van der Waals surface area contributed by atoms with Crippen LogP contribution in [0.1, 0.15) is 52.0 Å². The van der Waals surface area contributed by atoms with Crippen molar-refractivity contribution < 1.29 is 19.6 Å². The molecule has 1 N–H and O–H groups in total. The monoisotopic (exact) mass is 365 g/mol. The Kier molecular flexibility index (Phi) is 3.78. The molecule has 0 heterocycles. The third-order valence-electron chi connectivity index (χ3n) is 6.19. The molecule has 1 fully saturated rings. The number of ketones is 2. The van der Waals surface area contributed by atoms with Gasteiger partial charge in [0.25, 0.3) is 0 Å². The van der Waals surface area contributed by atoms with E-state index in [1.807, 2.05) is 0 Å². The first-order chi connectivity index (χ1) is 12.8. The van der Waals surface area contributed by atoms with E-state index in [0.29, 0.717) is 5.56 Å². The summed E-state index contributed by atoms with van der Waals surface area (Å²) in [6.45, 7) is 1.46. The van der Waals surface area contributed by atoms with Gasteiger partial charge in [0.2, 0.25) is 6.04 Å². The van der Waals surface area contributed by atoms with Crippen molar-refractivity contribution in [3.05, 3.63) is 81.4 Å². The maximum absolute atomic E-state index is 13.5. The molecule has 0 aromatic heterocycles. The lowest BCUT2D eigenvalue weighted by Gasteiger charge is -2.49. The second-order valence-electron chi connectivity index (χ2n) is 7.57. The van der Waals surface area contributed by atoms with Crippen molar-refractivity contribution in [2.75, 3.05) is 0 Å². The molecule has 1 saturated carbocycles. The summed E-state index contributed by atoms with van der Waals surface area (Å²) >= 11 is 0. The molecule has 2 aromatic rings. The standard InChI is InChI=1S/C21H19NO5/c1-20(25)12-11-16(22(26)27)17(13-7-3-2-4-8-13)21(20)18(23)14-9-5-6-10-15(14)19(21)24/h2-10,16-17,25H,11-12H2,1H3/t16-,17+,20+/m0/s1. The highest BCUT2D eigenvalue weighted by molar-refractivity contribution is 6.31. The van der Waals surface area contributed by atoms with Gasteiger partial charge in [0.1, 0.15) is 5.41 Å². The summed E-state index contributed by atoms with van der Waals surface area (Å²) in [5, 5.41) is 23.2. The fraction of sp³-hybridized carbons (Fsp3) is 0.333. The van der Waals surface area contributed by atoms with Crippen LogP contribution in [-0.4, -0.2) is 33.2 Å². The number of nitro groups is 1. The van der Waals surface area contributed by atoms with Crippen LogP contribution in [0.5, 0.6) is 0 Å². The Bertz CT molecular complexity index is 915. The lowest BCUT2D eigenvalue weighted by molar-refractivity contribution is -0.535. The summed E-state index contributed by atoms with van der Waals surface area (Å²) in [4.78, 5) is 38.6. The van der Waals surface area contributed by atoms with Crippen molar-refractivity contribution in [1.29, 1.82) is 0 Å². The van der Waals surface area contributed by atoms with E-state index in [2.05, 4.69) is 0 Å². The number of fused-ring (bicyclic) bond motifs is 1. The molecule has 138 valence electrons. The maximum Gasteiger partial charge on any atom is 0.221 e. The van der Waals surface area contributed by atoms with E-state index in [-0.39, 0.29) is 24.0 Å². The highest BCUT2D eigenvalue weighted by Crippen LogP contribution is 2.59. The van der Waals surface area contributed by atoms with Gasteiger partial charge in [-0.2, -0.15) is 0 Å². The third kappa shape index (κ3) is 2.16. The molecule has 6 nitrogen and oxygen atoms in total. The van der Waals surface area contributed by atoms with E-state index in [0.717, 1.165) is 0 Å². The number of carbonyl (C=O) groups excluding carboxylic acids is 2. The molecular weight excluding hydrogens is 346 g/mol. The van der Waals surface area contributed by atoms with Crippen molar-refractivity contribution >= 4 is 11.6 Å². The van der Waals surface area contributed by atoms with Crippen LogP contribution in [0.3, 0.4) is 0 Å². The van der Waals surface area contributed by atoms with Gasteiger partial charge in [0, 0.05) is 22.5 Å². The lowest BCUT2D eigenvalue weighted by Crippen LogP contribution is -2.63. The van der Waals surface area contributed by atoms with Crippen molar-refractivity contribution in [3.63, 3.8) is 0 Å². The van der Waals surface area contributed by atoms with Gasteiger partial charge in [0.05, 0.1) is 11.5 Å². The van der Waals surface area contributed by atoms with Crippen LogP contribution in [0, 0.1) is 15.5 Å². The predicted molar refractivity (Wildman–Crippen MR) is 97.4 cm³/mol. The first kappa shape index (κ1) is 17.5. The molecule has 1 spiro atoms. The summed E-state index contributed by atoms with van der Waals surface area (Å²) < 4.78 is 0. The molecule has 4 rings (SSSR count). The molecule has 2 aliphatic carbocycles. The minimum absolute atomic E-state index is 0.00739. The van der Waals surface area contributed by atoms with Crippen molar-refractivity contribution in [2.24, 2.45) is 5.41 Å². The molecule has 27 heavy (non-hydrogen) atoms. The molecular formula is C21H19NO5. The zero-order valence-electron chi connectivity index (χ0n) is 14.8. The Balaban J connectivity index is 2.04. The average Bonchev–Trinajstić information content (AvgIpc) is 2.88. The van der Waals surface area contributed by atoms with E-state index in [1.165, 1.54) is 6.92 Å². The normalized spacial score (nSPS) is 29.0. The van der Waals surface area contributed by atoms with Gasteiger partial charge in [-0.05, 0) is 18.9 Å². The Labute approximate surface area is 156 Å². The average molecular weight is 365 g/mol. The number of hydrogen-bond acceptors (Lipinski definition) is 5. The van der Waals surface area contributed by atoms with Crippen molar-refractivity contribution in [3.8, 4) is 0 Å². The number of Topliss-reactive ketones (excluding diaryl/α,β-unsaturated/α-hetero) is 2. The van der Waals surface area contributed by atoms with E-state index in [1.54, 1.807) is 54.6 Å². The number of rotatable bonds is 2. The minimum Gasteiger partial charge on any atom is -0.389 e. The summed E-state index contributed by atoms with van der Waals surface area (Å²) in [6.07, 6.45) is 0.103. The number of aliphatic hydroxyl groups is 1. The Morgan fingerprint density at radius 1 is 1.00 bits per heavy atom. The molecule has 0 unspecified atom stereocenters. The van der Waals surface area contributed by atoms with E-state index in [4.69, 9.17) is 0 Å². The molecule has 0 radical (unpaired) electrons. The van der Waals surface area contributed by atoms with Crippen molar-refractivity contribution in [1.82, 2.24) is 0 Å². The van der Waals surface area contributed by atoms with Gasteiger partial charge in [0.15, 0.2) is 11.6 Å². The largest absolute Gasteiger partial charge is 0.389 e. The fourth-order valence-electron chi connectivity index (χ4n) is 4.95. The third-order valence-corrected chi connectivity index (χ3v) is 6.19. The van der Waals surface area contributed by atoms with Gasteiger partial charge < -0.3 is 5.11 Å². The van der Waals surface area contributed by atoms with Gasteiger partial charge in [-0.3, -0.25) is 19.7 Å². The Morgan fingerprint density at radius 2 is 1.52 bits per heavy atom. The highest BCUT2D eigenvalue weighted by atomic mass is 16.6. The van der Waals surface area contributed by atoms with Gasteiger partial charge >= 0.3 is 0 Å². The van der Waals surface area contributed by atoms with Crippen LogP contribution in [0.4, 0.5) is 0 Å². The first-order valence-electron chi connectivity index (χ1n) is 8.92. The molecule has 2 aromatic carbocycles. The van der Waals surface area contributed by atoms with Crippen LogP contribution < -0.4 is 0 Å². The summed E-state index contributed by atoms with van der Waals surface area (Å²) in [5.41, 5.74) is -2.60. The number of benzene rings is 2. The van der Waals surface area contributed by atoms with E-state index < -0.39 is 39.5 Å². The maximum atomic E-state index is 13.5. The van der Waals surface area contributed by atoms with Crippen LogP contribution in [0.2, 0.25) is 0 Å². The molecule has 0 saturated heterocycles. The van der Waals surface area contributed by atoms with E-state index >= 15 is 0 Å². The number of nitrogens with zero attached hydrogens (tertiary/aromatic N) is 1. The van der Waals surface area contributed by atoms with Crippen LogP contribution in [0.15, 0.2) is 54.6 Å². The summed E-state index contributed by atoms with van der Waals surface area (Å²) in [6, 6.07) is 13.9. The Morgan fingerprint density at radius 3 is 2.04 bits per heavy atom. The molecule has 0 amide bonds. The minimum atomic E-state index is -1.89. The molecule has 0 bridgehead atoms. The van der Waals surface area contributed by atoms with Crippen LogP contribution >= 0.6 is 0 Å². The second-order valence-corrected chi connectivity index (χ2v) is 7.57. The van der Waals surface area contributed by atoms with E-state index in [9.17, 15) is 24.8 Å². The molecule has 6 heteroatoms. The molecule has 3 atom stereocenters. The van der Waals surface area contributed by atoms with Crippen LogP contribution in [0.25, 0.3) is 0 Å². The first-order valence-corrected chi connectivity index (χ1v) is 8.92. The summed E-state index contributed by atoms with van der Waals surface area (Å²) in [7, 11) is 0. The lowest BCUT2D eigenvalue weighted by atomic mass is 9.52. The number of carbonyl (C=O) groups is 2. The van der Waals surface area contributed by atoms with Crippen molar-refractivity contribution in [2.45, 2.75) is 37.3 Å². The van der Waals surface area contributed by atoms with Gasteiger partial charge in [-0.1, -0.05) is 54.6 Å². The molecule has 0 aliphatic heterocycles. The summed E-state index contributed by atoms with van der Waals surface area (Å²) in [5.74, 6) is -2.08. The fourth-order valence-corrected chi connectivity index (χ4v) is 4.95. The quantitative estimate of drug-likeness (QED) is 0.501. The zero-order chi connectivity index (χ0) is 19.4. The number of hydrogen-bond donors (Lipinski definition) is 1. The Hall–Kier alpha value is -2.86. The zero-order valence-corrected chi connectivity index (χ0v) is 14.8. The highest BCUT2D eigenvalue weighted by Gasteiger charge is 2.72. The topological polar surface area (TPSA) is 97.5 Å². The van der Waals surface area contributed by atoms with Gasteiger partial charge in [-0.25, -0.2) is 0 Å². The SMILES string of the molecule is C[C@@]1(O)CC[C@H]([N+](=O)[O-])[C@@H](c2ccccc2)C12C(=O)c1ccccc1C2=O. The molecule has 2 aliphatic rings. The van der Waals surface area contributed by atoms with Gasteiger partial charge in [-0.15, -0.1) is 0 Å². The smallest absolute Gasteiger partial charge is 0.221 e. The van der Waals surface area contributed by atoms with Crippen LogP contribution in [-0.2, 0) is 0 Å².